The zero-order valence-corrected chi connectivity index (χ0v) is 18.5. The van der Waals surface area contributed by atoms with Gasteiger partial charge in [-0.05, 0) is 53.6 Å². The first-order valence-electron chi connectivity index (χ1n) is 10.8. The number of aryl methyl sites for hydroxylation is 1. The Hall–Kier alpha value is -3.15. The number of nitrogens with one attached hydrogen (secondary N) is 1. The molecule has 31 heavy (non-hydrogen) atoms. The minimum Gasteiger partial charge on any atom is -0.481 e. The number of aromatic nitrogens is 2. The number of amides is 1. The van der Waals surface area contributed by atoms with Crippen molar-refractivity contribution < 1.29 is 14.7 Å². The third-order valence-corrected chi connectivity index (χ3v) is 5.51. The first-order valence-corrected chi connectivity index (χ1v) is 10.8. The molecule has 1 amide bonds. The number of carbonyl (C=O) groups excluding carboxylic acids is 1. The summed E-state index contributed by atoms with van der Waals surface area (Å²) in [6, 6.07) is 10.3. The lowest BCUT2D eigenvalue weighted by atomic mass is 9.99. The van der Waals surface area contributed by atoms with Crippen LogP contribution in [0.1, 0.15) is 49.1 Å². The van der Waals surface area contributed by atoms with E-state index in [0.717, 1.165) is 39.7 Å². The summed E-state index contributed by atoms with van der Waals surface area (Å²) in [5, 5.41) is 13.3. The van der Waals surface area contributed by atoms with E-state index < -0.39 is 5.97 Å². The van der Waals surface area contributed by atoms with Gasteiger partial charge < -0.3 is 15.0 Å². The van der Waals surface area contributed by atoms with Crippen LogP contribution in [-0.4, -0.2) is 33.1 Å². The molecule has 0 aliphatic rings. The highest BCUT2D eigenvalue weighted by atomic mass is 16.4. The van der Waals surface area contributed by atoms with Crippen LogP contribution in [0.5, 0.6) is 0 Å². The number of carboxylic acid groups (broad SMARTS) is 1. The van der Waals surface area contributed by atoms with Gasteiger partial charge >= 0.3 is 5.97 Å². The molecule has 0 unspecified atom stereocenters. The molecule has 0 saturated heterocycles. The topological polar surface area (TPSA) is 84.2 Å². The Morgan fingerprint density at radius 3 is 2.65 bits per heavy atom. The largest absolute Gasteiger partial charge is 0.481 e. The Morgan fingerprint density at radius 1 is 1.16 bits per heavy atom. The maximum absolute atomic E-state index is 11.9. The molecule has 0 saturated carbocycles. The summed E-state index contributed by atoms with van der Waals surface area (Å²) in [5.74, 6) is -0.362. The second kappa shape index (κ2) is 10.2. The minimum absolute atomic E-state index is 0.0870. The summed E-state index contributed by atoms with van der Waals surface area (Å²) in [7, 11) is 2.00. The van der Waals surface area contributed by atoms with Crippen molar-refractivity contribution in [1.82, 2.24) is 14.9 Å². The summed E-state index contributed by atoms with van der Waals surface area (Å²) >= 11 is 0. The van der Waals surface area contributed by atoms with Gasteiger partial charge in [-0.25, -0.2) is 0 Å². The molecule has 0 spiro atoms. The maximum Gasteiger partial charge on any atom is 0.303 e. The molecule has 2 heterocycles. The van der Waals surface area contributed by atoms with E-state index in [2.05, 4.69) is 33.1 Å². The number of hydrogen-bond donors (Lipinski definition) is 2. The van der Waals surface area contributed by atoms with Gasteiger partial charge in [0.05, 0.1) is 6.42 Å². The van der Waals surface area contributed by atoms with E-state index in [0.29, 0.717) is 31.7 Å². The molecule has 0 radical (unpaired) electrons. The molecule has 3 aromatic rings. The number of benzene rings is 1. The molecule has 3 rings (SSSR count). The van der Waals surface area contributed by atoms with Crippen LogP contribution >= 0.6 is 0 Å². The molecule has 0 fully saturated rings. The normalized spacial score (nSPS) is 11.2. The van der Waals surface area contributed by atoms with Crippen LogP contribution in [0.2, 0.25) is 0 Å². The SMILES string of the molecule is CC(C)CC(=O)NCCc1ccc2c(c1)c(Cc1cccnc1)c(CCC(=O)O)n2C. The second-order valence-electron chi connectivity index (χ2n) is 8.47. The summed E-state index contributed by atoms with van der Waals surface area (Å²) in [6.45, 7) is 4.68. The van der Waals surface area contributed by atoms with Crippen molar-refractivity contribution >= 4 is 22.8 Å². The predicted octanol–water partition coefficient (Wildman–Crippen LogP) is 3.89. The van der Waals surface area contributed by atoms with Crippen LogP contribution in [0, 0.1) is 5.92 Å². The van der Waals surface area contributed by atoms with Crippen molar-refractivity contribution in [3.8, 4) is 0 Å². The summed E-state index contributed by atoms with van der Waals surface area (Å²) in [4.78, 5) is 27.4. The van der Waals surface area contributed by atoms with E-state index in [1.165, 1.54) is 0 Å². The van der Waals surface area contributed by atoms with E-state index in [4.69, 9.17) is 0 Å². The van der Waals surface area contributed by atoms with Gasteiger partial charge in [-0.1, -0.05) is 26.0 Å². The quantitative estimate of drug-likeness (QED) is 0.520. The number of carboxylic acids is 1. The molecule has 0 aliphatic heterocycles. The van der Waals surface area contributed by atoms with E-state index >= 15 is 0 Å². The predicted molar refractivity (Wildman–Crippen MR) is 122 cm³/mol. The number of nitrogens with zero attached hydrogens (tertiary/aromatic N) is 2. The highest BCUT2D eigenvalue weighted by molar-refractivity contribution is 5.87. The molecular formula is C25H31N3O3. The number of aliphatic carboxylic acids is 1. The Labute approximate surface area is 183 Å². The Balaban J connectivity index is 1.88. The average molecular weight is 422 g/mol. The number of carbonyl (C=O) groups is 2. The van der Waals surface area contributed by atoms with Gasteiger partial charge in [0.25, 0.3) is 0 Å². The van der Waals surface area contributed by atoms with Crippen molar-refractivity contribution in [2.24, 2.45) is 13.0 Å². The van der Waals surface area contributed by atoms with Crippen molar-refractivity contribution in [3.05, 3.63) is 65.1 Å². The fraction of sp³-hybridized carbons (Fsp3) is 0.400. The summed E-state index contributed by atoms with van der Waals surface area (Å²) in [5.41, 5.74) is 5.53. The van der Waals surface area contributed by atoms with Crippen LogP contribution in [0.4, 0.5) is 0 Å². The van der Waals surface area contributed by atoms with Crippen LogP contribution in [-0.2, 0) is 35.9 Å². The van der Waals surface area contributed by atoms with Crippen molar-refractivity contribution in [2.75, 3.05) is 6.54 Å². The molecule has 164 valence electrons. The lowest BCUT2D eigenvalue weighted by Gasteiger charge is -2.08. The van der Waals surface area contributed by atoms with Gasteiger partial charge in [0, 0.05) is 55.4 Å². The van der Waals surface area contributed by atoms with E-state index in [1.54, 1.807) is 6.20 Å². The Morgan fingerprint density at radius 2 is 1.97 bits per heavy atom. The number of pyridine rings is 1. The smallest absolute Gasteiger partial charge is 0.303 e. The van der Waals surface area contributed by atoms with E-state index in [-0.39, 0.29) is 12.3 Å². The zero-order chi connectivity index (χ0) is 22.4. The van der Waals surface area contributed by atoms with Crippen molar-refractivity contribution in [1.29, 1.82) is 0 Å². The van der Waals surface area contributed by atoms with Crippen LogP contribution in [0.3, 0.4) is 0 Å². The molecule has 0 aliphatic carbocycles. The molecule has 2 aromatic heterocycles. The monoisotopic (exact) mass is 421 g/mol. The van der Waals surface area contributed by atoms with Gasteiger partial charge in [0.1, 0.15) is 0 Å². The van der Waals surface area contributed by atoms with Crippen molar-refractivity contribution in [2.45, 2.75) is 46.0 Å². The summed E-state index contributed by atoms with van der Waals surface area (Å²) < 4.78 is 2.11. The summed E-state index contributed by atoms with van der Waals surface area (Å²) in [6.07, 6.45) is 6.19. The zero-order valence-electron chi connectivity index (χ0n) is 18.5. The van der Waals surface area contributed by atoms with Gasteiger partial charge in [-0.2, -0.15) is 0 Å². The highest BCUT2D eigenvalue weighted by Gasteiger charge is 2.17. The van der Waals surface area contributed by atoms with Crippen LogP contribution in [0.15, 0.2) is 42.7 Å². The third-order valence-electron chi connectivity index (χ3n) is 5.51. The van der Waals surface area contributed by atoms with E-state index in [9.17, 15) is 14.7 Å². The maximum atomic E-state index is 11.9. The molecular weight excluding hydrogens is 390 g/mol. The molecule has 6 nitrogen and oxygen atoms in total. The standard InChI is InChI=1S/C25H31N3O3/c1-17(2)13-24(29)27-12-10-18-6-7-22-20(14-18)21(15-19-5-4-11-26-16-19)23(28(22)3)8-9-25(30)31/h4-7,11,14,16-17H,8-10,12-13,15H2,1-3H3,(H,27,29)(H,30,31). The molecule has 0 bridgehead atoms. The molecule has 0 atom stereocenters. The lowest BCUT2D eigenvalue weighted by Crippen LogP contribution is -2.26. The molecule has 6 heteroatoms. The number of fused-ring (bicyclic) bond motifs is 1. The lowest BCUT2D eigenvalue weighted by molar-refractivity contribution is -0.137. The fourth-order valence-corrected chi connectivity index (χ4v) is 4.01. The molecule has 2 N–H and O–H groups in total. The van der Waals surface area contributed by atoms with Gasteiger partial charge in [0.2, 0.25) is 5.91 Å². The third kappa shape index (κ3) is 5.94. The van der Waals surface area contributed by atoms with Gasteiger partial charge in [-0.3, -0.25) is 14.6 Å². The van der Waals surface area contributed by atoms with Crippen molar-refractivity contribution in [3.63, 3.8) is 0 Å². The second-order valence-corrected chi connectivity index (χ2v) is 8.47. The van der Waals surface area contributed by atoms with E-state index in [1.807, 2.05) is 39.2 Å². The minimum atomic E-state index is -0.796. The first kappa shape index (κ1) is 22.5. The highest BCUT2D eigenvalue weighted by Crippen LogP contribution is 2.29. The molecule has 1 aromatic carbocycles. The Kier molecular flexibility index (Phi) is 7.45. The van der Waals surface area contributed by atoms with Crippen LogP contribution in [0.25, 0.3) is 10.9 Å². The van der Waals surface area contributed by atoms with Crippen LogP contribution < -0.4 is 5.32 Å². The number of rotatable bonds is 10. The number of hydrogen-bond acceptors (Lipinski definition) is 3. The van der Waals surface area contributed by atoms with Gasteiger partial charge in [-0.15, -0.1) is 0 Å². The Bertz CT molecular complexity index is 1050. The average Bonchev–Trinajstić information content (AvgIpc) is 2.97. The fourth-order valence-electron chi connectivity index (χ4n) is 4.01. The van der Waals surface area contributed by atoms with Gasteiger partial charge in [0.15, 0.2) is 0 Å². The first-order chi connectivity index (χ1) is 14.8.